The van der Waals surface area contributed by atoms with Gasteiger partial charge in [0.25, 0.3) is 0 Å². The Morgan fingerprint density at radius 2 is 2.18 bits per heavy atom. The standard InChI is InChI=1S/C5H6BrN3O2/c1-3-5(9(10)11)4(2)8(6)7-3/h1-2H3. The van der Waals surface area contributed by atoms with E-state index in [0.29, 0.717) is 11.4 Å². The van der Waals surface area contributed by atoms with Crippen LogP contribution in [0.2, 0.25) is 0 Å². The van der Waals surface area contributed by atoms with Crippen LogP contribution in [0, 0.1) is 24.0 Å². The van der Waals surface area contributed by atoms with E-state index in [4.69, 9.17) is 0 Å². The molecule has 0 N–H and O–H groups in total. The van der Waals surface area contributed by atoms with Crippen molar-refractivity contribution < 1.29 is 4.92 Å². The van der Waals surface area contributed by atoms with Crippen molar-refractivity contribution in [2.24, 2.45) is 0 Å². The zero-order valence-corrected chi connectivity index (χ0v) is 7.62. The first-order chi connectivity index (χ1) is 5.04. The first-order valence-electron chi connectivity index (χ1n) is 2.90. The molecule has 0 aliphatic rings. The van der Waals surface area contributed by atoms with Gasteiger partial charge in [0.2, 0.25) is 0 Å². The number of nitrogens with zero attached hydrogens (tertiary/aromatic N) is 3. The number of aryl methyl sites for hydroxylation is 1. The van der Waals surface area contributed by atoms with Gasteiger partial charge in [-0.25, -0.2) is 0 Å². The van der Waals surface area contributed by atoms with Gasteiger partial charge in [0.1, 0.15) is 11.4 Å². The summed E-state index contributed by atoms with van der Waals surface area (Å²) in [5.74, 6) is 0. The molecule has 6 heteroatoms. The molecule has 0 saturated carbocycles. The number of hydrogen-bond donors (Lipinski definition) is 0. The van der Waals surface area contributed by atoms with Crippen LogP contribution in [-0.4, -0.2) is 13.7 Å². The fourth-order valence-corrected chi connectivity index (χ4v) is 1.27. The Balaban J connectivity index is 3.34. The van der Waals surface area contributed by atoms with Crippen LogP contribution in [0.15, 0.2) is 0 Å². The molecule has 5 nitrogen and oxygen atoms in total. The molecule has 1 aromatic rings. The maximum atomic E-state index is 10.4. The van der Waals surface area contributed by atoms with Gasteiger partial charge in [0.15, 0.2) is 0 Å². The molecule has 1 rings (SSSR count). The van der Waals surface area contributed by atoms with Crippen molar-refractivity contribution in [1.29, 1.82) is 0 Å². The molecule has 1 aromatic heterocycles. The van der Waals surface area contributed by atoms with Crippen LogP contribution in [0.25, 0.3) is 0 Å². The predicted molar refractivity (Wildman–Crippen MR) is 42.7 cm³/mol. The van der Waals surface area contributed by atoms with Crippen molar-refractivity contribution in [1.82, 2.24) is 8.81 Å². The Hall–Kier alpha value is -0.910. The van der Waals surface area contributed by atoms with Crippen molar-refractivity contribution in [3.63, 3.8) is 0 Å². The average molecular weight is 220 g/mol. The largest absolute Gasteiger partial charge is 0.313 e. The number of halogens is 1. The highest BCUT2D eigenvalue weighted by atomic mass is 79.9. The van der Waals surface area contributed by atoms with Gasteiger partial charge < -0.3 is 0 Å². The summed E-state index contributed by atoms with van der Waals surface area (Å²) >= 11 is 3.04. The third-order valence-electron chi connectivity index (χ3n) is 1.38. The first-order valence-corrected chi connectivity index (χ1v) is 3.61. The van der Waals surface area contributed by atoms with E-state index in [-0.39, 0.29) is 5.69 Å². The van der Waals surface area contributed by atoms with Crippen LogP contribution in [0.4, 0.5) is 5.69 Å². The maximum Gasteiger partial charge on any atom is 0.313 e. The van der Waals surface area contributed by atoms with E-state index in [0.717, 1.165) is 0 Å². The number of rotatable bonds is 1. The molecule has 0 amide bonds. The molecule has 0 bridgehead atoms. The van der Waals surface area contributed by atoms with E-state index in [1.54, 1.807) is 13.8 Å². The van der Waals surface area contributed by atoms with Crippen LogP contribution in [0.5, 0.6) is 0 Å². The lowest BCUT2D eigenvalue weighted by Gasteiger charge is -1.88. The minimum Gasteiger partial charge on any atom is -0.258 e. The topological polar surface area (TPSA) is 61.0 Å². The van der Waals surface area contributed by atoms with Crippen LogP contribution in [0.1, 0.15) is 11.4 Å². The summed E-state index contributed by atoms with van der Waals surface area (Å²) in [6.45, 7) is 3.23. The number of aromatic nitrogens is 2. The molecule has 0 atom stereocenters. The summed E-state index contributed by atoms with van der Waals surface area (Å²) in [5.41, 5.74) is 0.999. The smallest absolute Gasteiger partial charge is 0.258 e. The van der Waals surface area contributed by atoms with Crippen LogP contribution >= 0.6 is 16.1 Å². The molecular formula is C5H6BrN3O2. The highest BCUT2D eigenvalue weighted by Crippen LogP contribution is 2.22. The SMILES string of the molecule is Cc1nn(Br)c(C)c1[N+](=O)[O-]. The third-order valence-corrected chi connectivity index (χ3v) is 2.07. The second-order valence-electron chi connectivity index (χ2n) is 2.14. The summed E-state index contributed by atoms with van der Waals surface area (Å²) in [6, 6.07) is 0. The zero-order chi connectivity index (χ0) is 8.59. The molecule has 0 saturated heterocycles. The van der Waals surface area contributed by atoms with Gasteiger partial charge in [-0.1, -0.05) is 0 Å². The molecule has 0 radical (unpaired) electrons. The molecule has 0 unspecified atom stereocenters. The van der Waals surface area contributed by atoms with E-state index < -0.39 is 4.92 Å². The molecule has 1 heterocycles. The Kier molecular flexibility index (Phi) is 1.95. The van der Waals surface area contributed by atoms with Crippen molar-refractivity contribution in [3.05, 3.63) is 21.5 Å². The van der Waals surface area contributed by atoms with Gasteiger partial charge in [0.05, 0.1) is 21.1 Å². The summed E-state index contributed by atoms with van der Waals surface area (Å²) in [7, 11) is 0. The van der Waals surface area contributed by atoms with Crippen LogP contribution in [-0.2, 0) is 0 Å². The molecule has 0 aliphatic heterocycles. The Labute approximate surface area is 71.5 Å². The van der Waals surface area contributed by atoms with Gasteiger partial charge >= 0.3 is 5.69 Å². The Morgan fingerprint density at radius 3 is 2.36 bits per heavy atom. The normalized spacial score (nSPS) is 10.1. The van der Waals surface area contributed by atoms with E-state index in [1.807, 2.05) is 0 Å². The lowest BCUT2D eigenvalue weighted by Crippen LogP contribution is -1.90. The van der Waals surface area contributed by atoms with E-state index >= 15 is 0 Å². The lowest BCUT2D eigenvalue weighted by molar-refractivity contribution is -0.386. The van der Waals surface area contributed by atoms with E-state index in [2.05, 4.69) is 21.2 Å². The fraction of sp³-hybridized carbons (Fsp3) is 0.400. The molecule has 60 valence electrons. The monoisotopic (exact) mass is 219 g/mol. The highest BCUT2D eigenvalue weighted by molar-refractivity contribution is 9.08. The van der Waals surface area contributed by atoms with Crippen LogP contribution < -0.4 is 0 Å². The summed E-state index contributed by atoms with van der Waals surface area (Å²) in [6.07, 6.45) is 0. The van der Waals surface area contributed by atoms with Gasteiger partial charge in [0, 0.05) is 0 Å². The van der Waals surface area contributed by atoms with Gasteiger partial charge in [-0.3, -0.25) is 10.1 Å². The summed E-state index contributed by atoms with van der Waals surface area (Å²) < 4.78 is 1.32. The quantitative estimate of drug-likeness (QED) is 0.533. The molecule has 0 spiro atoms. The Bertz CT molecular complexity index is 307. The van der Waals surface area contributed by atoms with Gasteiger partial charge in [-0.05, 0) is 13.8 Å². The van der Waals surface area contributed by atoms with Gasteiger partial charge in [-0.2, -0.15) is 8.81 Å². The zero-order valence-electron chi connectivity index (χ0n) is 6.04. The minimum absolute atomic E-state index is 0.0712. The maximum absolute atomic E-state index is 10.4. The summed E-state index contributed by atoms with van der Waals surface area (Å²) in [4.78, 5) is 9.95. The second-order valence-corrected chi connectivity index (χ2v) is 2.81. The predicted octanol–water partition coefficient (Wildman–Crippen LogP) is 1.57. The lowest BCUT2D eigenvalue weighted by atomic mass is 10.3. The third kappa shape index (κ3) is 1.25. The first kappa shape index (κ1) is 8.19. The number of nitro groups is 1. The molecule has 0 aliphatic carbocycles. The van der Waals surface area contributed by atoms with Gasteiger partial charge in [-0.15, -0.1) is 0 Å². The molecule has 0 aromatic carbocycles. The fourth-order valence-electron chi connectivity index (χ4n) is 0.867. The number of hydrogen-bond acceptors (Lipinski definition) is 3. The van der Waals surface area contributed by atoms with E-state index in [9.17, 15) is 10.1 Å². The van der Waals surface area contributed by atoms with Crippen molar-refractivity contribution in [2.45, 2.75) is 13.8 Å². The van der Waals surface area contributed by atoms with Crippen molar-refractivity contribution in [2.75, 3.05) is 0 Å². The van der Waals surface area contributed by atoms with Crippen molar-refractivity contribution in [3.8, 4) is 0 Å². The van der Waals surface area contributed by atoms with E-state index in [1.165, 1.54) is 3.71 Å². The Morgan fingerprint density at radius 1 is 1.64 bits per heavy atom. The van der Waals surface area contributed by atoms with Crippen LogP contribution in [0.3, 0.4) is 0 Å². The average Bonchev–Trinajstić information content (AvgIpc) is 2.07. The van der Waals surface area contributed by atoms with Crippen molar-refractivity contribution >= 4 is 21.8 Å². The molecule has 0 fully saturated rings. The minimum atomic E-state index is -0.435. The summed E-state index contributed by atoms with van der Waals surface area (Å²) in [5, 5.41) is 14.2. The highest BCUT2D eigenvalue weighted by Gasteiger charge is 2.20. The second kappa shape index (κ2) is 2.61. The molecular weight excluding hydrogens is 214 g/mol. The molecule has 11 heavy (non-hydrogen) atoms.